The van der Waals surface area contributed by atoms with Gasteiger partial charge in [-0.3, -0.25) is 4.90 Å². The molecule has 0 bridgehead atoms. The van der Waals surface area contributed by atoms with E-state index >= 15 is 0 Å². The molecule has 0 spiro atoms. The molecule has 2 fully saturated rings. The largest absolute Gasteiger partial charge is 0.462 e. The molecule has 1 aromatic carbocycles. The van der Waals surface area contributed by atoms with E-state index in [0.29, 0.717) is 11.5 Å². The Morgan fingerprint density at radius 2 is 1.69 bits per heavy atom. The average molecular weight is 494 g/mol. The van der Waals surface area contributed by atoms with E-state index < -0.39 is 0 Å². The number of piperazine rings is 1. The van der Waals surface area contributed by atoms with Gasteiger partial charge in [-0.25, -0.2) is 14.8 Å². The van der Waals surface area contributed by atoms with Crippen molar-refractivity contribution >= 4 is 39.0 Å². The van der Waals surface area contributed by atoms with Crippen LogP contribution in [0.4, 0.5) is 11.5 Å². The van der Waals surface area contributed by atoms with Crippen LogP contribution in [0.25, 0.3) is 10.2 Å². The van der Waals surface area contributed by atoms with Crippen molar-refractivity contribution in [1.29, 1.82) is 0 Å². The smallest absolute Gasteiger partial charge is 0.348 e. The first-order valence-corrected chi connectivity index (χ1v) is 13.6. The third-order valence-electron chi connectivity index (χ3n) is 7.13. The van der Waals surface area contributed by atoms with E-state index in [1.54, 1.807) is 0 Å². The minimum absolute atomic E-state index is 0.263. The number of para-hydroxylation sites is 1. The van der Waals surface area contributed by atoms with Crippen molar-refractivity contribution in [2.45, 2.75) is 46.6 Å². The Bertz CT molecular complexity index is 1200. The predicted octanol–water partition coefficient (Wildman–Crippen LogP) is 4.80. The Labute approximate surface area is 211 Å². The number of anilines is 2. The highest BCUT2D eigenvalue weighted by molar-refractivity contribution is 7.20. The van der Waals surface area contributed by atoms with Gasteiger partial charge in [-0.1, -0.05) is 24.6 Å². The monoisotopic (exact) mass is 493 g/mol. The number of fused-ring (bicyclic) bond motifs is 1. The van der Waals surface area contributed by atoms with Crippen molar-refractivity contribution in [3.63, 3.8) is 0 Å². The summed E-state index contributed by atoms with van der Waals surface area (Å²) in [5.41, 5.74) is 3.55. The molecule has 7 nitrogen and oxygen atoms in total. The lowest BCUT2D eigenvalue weighted by molar-refractivity contribution is 0.0531. The Morgan fingerprint density at radius 3 is 2.40 bits per heavy atom. The summed E-state index contributed by atoms with van der Waals surface area (Å²) in [6, 6.07) is 8.59. The number of thiophene rings is 1. The van der Waals surface area contributed by atoms with Gasteiger partial charge in [-0.05, 0) is 63.9 Å². The number of likely N-dealkylation sites (tertiary alicyclic amines) is 1. The molecule has 0 amide bonds. The summed E-state index contributed by atoms with van der Waals surface area (Å²) in [6.45, 7) is 13.0. The van der Waals surface area contributed by atoms with Gasteiger partial charge in [0, 0.05) is 31.9 Å². The molecule has 3 aromatic rings. The first-order valence-electron chi connectivity index (χ1n) is 12.8. The van der Waals surface area contributed by atoms with Gasteiger partial charge in [0.15, 0.2) is 0 Å². The minimum Gasteiger partial charge on any atom is -0.462 e. The van der Waals surface area contributed by atoms with Gasteiger partial charge in [0.2, 0.25) is 0 Å². The van der Waals surface area contributed by atoms with Crippen molar-refractivity contribution in [1.82, 2.24) is 14.9 Å². The Morgan fingerprint density at radius 1 is 0.971 bits per heavy atom. The lowest BCUT2D eigenvalue weighted by Crippen LogP contribution is -2.47. The number of piperidine rings is 1. The number of ether oxygens (including phenoxy) is 1. The van der Waals surface area contributed by atoms with Crippen LogP contribution in [0, 0.1) is 13.8 Å². The second-order valence-corrected chi connectivity index (χ2v) is 10.5. The van der Waals surface area contributed by atoms with Gasteiger partial charge < -0.3 is 14.5 Å². The van der Waals surface area contributed by atoms with Crippen molar-refractivity contribution in [2.75, 3.05) is 55.7 Å². The Kier molecular flexibility index (Phi) is 7.20. The van der Waals surface area contributed by atoms with Crippen molar-refractivity contribution in [2.24, 2.45) is 0 Å². The molecule has 2 saturated heterocycles. The molecule has 0 unspecified atom stereocenters. The molecule has 0 radical (unpaired) electrons. The van der Waals surface area contributed by atoms with Crippen molar-refractivity contribution in [3.05, 3.63) is 46.1 Å². The van der Waals surface area contributed by atoms with Crippen molar-refractivity contribution in [3.8, 4) is 0 Å². The highest BCUT2D eigenvalue weighted by atomic mass is 32.1. The molecule has 2 aliphatic heterocycles. The molecular formula is C27H35N5O2S. The Balaban J connectivity index is 1.47. The van der Waals surface area contributed by atoms with Crippen LogP contribution in [0.2, 0.25) is 0 Å². The van der Waals surface area contributed by atoms with E-state index in [2.05, 4.69) is 45.9 Å². The number of hydrogen-bond donors (Lipinski definition) is 0. The van der Waals surface area contributed by atoms with Gasteiger partial charge in [-0.2, -0.15) is 0 Å². The predicted molar refractivity (Wildman–Crippen MR) is 143 cm³/mol. The second kappa shape index (κ2) is 10.5. The Hall–Kier alpha value is -2.71. The number of aromatic nitrogens is 2. The van der Waals surface area contributed by atoms with Gasteiger partial charge in [0.1, 0.15) is 21.3 Å². The number of carbonyl (C=O) groups is 1. The fourth-order valence-electron chi connectivity index (χ4n) is 5.25. The van der Waals surface area contributed by atoms with Gasteiger partial charge >= 0.3 is 5.97 Å². The average Bonchev–Trinajstić information content (AvgIpc) is 3.21. The molecule has 0 atom stereocenters. The summed E-state index contributed by atoms with van der Waals surface area (Å²) >= 11 is 1.44. The summed E-state index contributed by atoms with van der Waals surface area (Å²) in [5, 5.41) is 1.00. The highest BCUT2D eigenvalue weighted by Gasteiger charge is 2.27. The molecule has 4 heterocycles. The van der Waals surface area contributed by atoms with Crippen LogP contribution < -0.4 is 9.80 Å². The highest BCUT2D eigenvalue weighted by Crippen LogP contribution is 2.37. The van der Waals surface area contributed by atoms with E-state index in [-0.39, 0.29) is 5.97 Å². The quantitative estimate of drug-likeness (QED) is 0.457. The molecule has 8 heteroatoms. The third kappa shape index (κ3) is 5.00. The maximum atomic E-state index is 12.7. The van der Waals surface area contributed by atoms with Gasteiger partial charge in [0.25, 0.3) is 0 Å². The number of hydrogen-bond acceptors (Lipinski definition) is 8. The molecular weight excluding hydrogens is 458 g/mol. The van der Waals surface area contributed by atoms with Crippen LogP contribution in [-0.2, 0) is 11.3 Å². The normalized spacial score (nSPS) is 17.2. The minimum atomic E-state index is -0.263. The standard InChI is InChI=1S/C27H35N5O2S/c1-4-34-27(33)24-20(3)23-25(28-22(29-26(23)35-24)18-30-12-8-5-9-13-30)32-16-14-31(15-17-32)21-11-7-6-10-19(21)2/h6-7,10-11H,4-5,8-9,12-18H2,1-3H3. The molecule has 186 valence electrons. The second-order valence-electron chi connectivity index (χ2n) is 9.52. The van der Waals surface area contributed by atoms with E-state index in [0.717, 1.165) is 73.2 Å². The van der Waals surface area contributed by atoms with Crippen LogP contribution in [-0.4, -0.2) is 66.7 Å². The van der Waals surface area contributed by atoms with E-state index in [9.17, 15) is 4.79 Å². The third-order valence-corrected chi connectivity index (χ3v) is 8.29. The number of aryl methyl sites for hydroxylation is 2. The topological polar surface area (TPSA) is 61.8 Å². The lowest BCUT2D eigenvalue weighted by Gasteiger charge is -2.37. The zero-order valence-electron chi connectivity index (χ0n) is 21.0. The summed E-state index contributed by atoms with van der Waals surface area (Å²) in [6.07, 6.45) is 3.78. The number of nitrogens with zero attached hydrogens (tertiary/aromatic N) is 5. The summed E-state index contributed by atoms with van der Waals surface area (Å²) in [5.74, 6) is 1.56. The fourth-order valence-corrected chi connectivity index (χ4v) is 6.33. The summed E-state index contributed by atoms with van der Waals surface area (Å²) < 4.78 is 5.34. The number of carbonyl (C=O) groups excluding carboxylic acids is 1. The zero-order chi connectivity index (χ0) is 24.4. The van der Waals surface area contributed by atoms with Crippen LogP contribution in [0.3, 0.4) is 0 Å². The van der Waals surface area contributed by atoms with Crippen molar-refractivity contribution < 1.29 is 9.53 Å². The van der Waals surface area contributed by atoms with E-state index in [4.69, 9.17) is 14.7 Å². The van der Waals surface area contributed by atoms with E-state index in [1.807, 2.05) is 13.8 Å². The maximum Gasteiger partial charge on any atom is 0.348 e. The number of esters is 1. The molecule has 2 aliphatic rings. The fraction of sp³-hybridized carbons (Fsp3) is 0.519. The van der Waals surface area contributed by atoms with Crippen LogP contribution >= 0.6 is 11.3 Å². The van der Waals surface area contributed by atoms with Crippen LogP contribution in [0.15, 0.2) is 24.3 Å². The number of benzene rings is 1. The molecule has 2 aromatic heterocycles. The van der Waals surface area contributed by atoms with Crippen LogP contribution in [0.1, 0.15) is 52.8 Å². The summed E-state index contributed by atoms with van der Waals surface area (Å²) in [7, 11) is 0. The molecule has 0 aliphatic carbocycles. The molecule has 0 N–H and O–H groups in total. The van der Waals surface area contributed by atoms with E-state index in [1.165, 1.54) is 41.9 Å². The van der Waals surface area contributed by atoms with Gasteiger partial charge in [-0.15, -0.1) is 11.3 Å². The molecule has 5 rings (SSSR count). The first-order chi connectivity index (χ1) is 17.0. The SMILES string of the molecule is CCOC(=O)c1sc2nc(CN3CCCCC3)nc(N3CCN(c4ccccc4C)CC3)c2c1C. The summed E-state index contributed by atoms with van der Waals surface area (Å²) in [4.78, 5) is 31.6. The van der Waals surface area contributed by atoms with Gasteiger partial charge in [0.05, 0.1) is 18.5 Å². The number of rotatable bonds is 6. The maximum absolute atomic E-state index is 12.7. The van der Waals surface area contributed by atoms with Crippen LogP contribution in [0.5, 0.6) is 0 Å². The lowest BCUT2D eigenvalue weighted by atomic mass is 10.1. The molecule has 0 saturated carbocycles. The first kappa shape index (κ1) is 24.0. The zero-order valence-corrected chi connectivity index (χ0v) is 21.9. The molecule has 35 heavy (non-hydrogen) atoms.